The van der Waals surface area contributed by atoms with E-state index < -0.39 is 0 Å². The first-order valence-electron chi connectivity index (χ1n) is 10.1. The second-order valence-corrected chi connectivity index (χ2v) is 8.48. The number of aromatic amines is 1. The fourth-order valence-electron chi connectivity index (χ4n) is 4.66. The Morgan fingerprint density at radius 1 is 1.12 bits per heavy atom. The van der Waals surface area contributed by atoms with E-state index in [1.165, 1.54) is 59.6 Å². The second-order valence-electron chi connectivity index (χ2n) is 8.48. The van der Waals surface area contributed by atoms with Crippen LogP contribution in [0.3, 0.4) is 0 Å². The summed E-state index contributed by atoms with van der Waals surface area (Å²) < 4.78 is 0. The molecule has 0 spiro atoms. The molecule has 0 amide bonds. The highest BCUT2D eigenvalue weighted by atomic mass is 15.2. The lowest BCUT2D eigenvalue weighted by Gasteiger charge is -2.32. The maximum Gasteiger partial charge on any atom is 0.0925 e. The number of H-pyrrole nitrogens is 1. The van der Waals surface area contributed by atoms with Crippen LogP contribution in [0.4, 0.5) is 0 Å². The van der Waals surface area contributed by atoms with Crippen molar-refractivity contribution < 1.29 is 0 Å². The van der Waals surface area contributed by atoms with Crippen LogP contribution in [-0.4, -0.2) is 39.4 Å². The van der Waals surface area contributed by atoms with Crippen molar-refractivity contribution >= 4 is 0 Å². The molecule has 3 heterocycles. The van der Waals surface area contributed by atoms with Gasteiger partial charge in [-0.25, -0.2) is 4.98 Å². The van der Waals surface area contributed by atoms with Crippen LogP contribution in [0, 0.1) is 19.8 Å². The monoisotopic (exact) mass is 352 g/mol. The van der Waals surface area contributed by atoms with Crippen molar-refractivity contribution in [3.8, 4) is 0 Å². The molecule has 0 aliphatic carbocycles. The molecule has 0 unspecified atom stereocenters. The van der Waals surface area contributed by atoms with Gasteiger partial charge in [0.2, 0.25) is 0 Å². The van der Waals surface area contributed by atoms with Crippen LogP contribution >= 0.6 is 0 Å². The zero-order chi connectivity index (χ0) is 18.1. The van der Waals surface area contributed by atoms with Gasteiger partial charge in [0.05, 0.1) is 17.7 Å². The van der Waals surface area contributed by atoms with Gasteiger partial charge in [-0.3, -0.25) is 9.80 Å². The SMILES string of the molecule is Cc1cc(CN2CCc3nc[nH]c3C2)c(C)c(CN2CCC[C@@H](C)C2)c1. The van der Waals surface area contributed by atoms with E-state index in [-0.39, 0.29) is 0 Å². The maximum absolute atomic E-state index is 4.43. The molecule has 4 heteroatoms. The Morgan fingerprint density at radius 3 is 2.65 bits per heavy atom. The number of benzene rings is 1. The third-order valence-electron chi connectivity index (χ3n) is 6.15. The third kappa shape index (κ3) is 3.86. The van der Waals surface area contributed by atoms with E-state index in [0.717, 1.165) is 38.5 Å². The first kappa shape index (κ1) is 17.7. The summed E-state index contributed by atoms with van der Waals surface area (Å²) in [7, 11) is 0. The molecule has 2 aliphatic rings. The van der Waals surface area contributed by atoms with Crippen molar-refractivity contribution in [2.45, 2.75) is 59.7 Å². The molecule has 0 radical (unpaired) electrons. The Balaban J connectivity index is 1.49. The Bertz CT molecular complexity index is 763. The van der Waals surface area contributed by atoms with E-state index in [0.29, 0.717) is 0 Å². The number of hydrogen-bond donors (Lipinski definition) is 1. The second kappa shape index (κ2) is 7.53. The highest BCUT2D eigenvalue weighted by Crippen LogP contribution is 2.25. The highest BCUT2D eigenvalue weighted by Gasteiger charge is 2.21. The predicted octanol–water partition coefficient (Wildman–Crippen LogP) is 3.82. The molecule has 1 saturated heterocycles. The minimum Gasteiger partial charge on any atom is -0.347 e. The zero-order valence-corrected chi connectivity index (χ0v) is 16.5. The van der Waals surface area contributed by atoms with Crippen molar-refractivity contribution in [2.24, 2.45) is 5.92 Å². The molecule has 2 aromatic rings. The highest BCUT2D eigenvalue weighted by molar-refractivity contribution is 5.38. The van der Waals surface area contributed by atoms with Crippen molar-refractivity contribution in [3.05, 3.63) is 52.1 Å². The number of nitrogens with one attached hydrogen (secondary N) is 1. The van der Waals surface area contributed by atoms with E-state index in [1.54, 1.807) is 0 Å². The first-order valence-corrected chi connectivity index (χ1v) is 10.1. The summed E-state index contributed by atoms with van der Waals surface area (Å²) in [6.45, 7) is 13.7. The smallest absolute Gasteiger partial charge is 0.0925 e. The molecule has 1 N–H and O–H groups in total. The normalized spacial score (nSPS) is 21.7. The molecular weight excluding hydrogens is 320 g/mol. The Hall–Kier alpha value is -1.65. The molecule has 4 nitrogen and oxygen atoms in total. The largest absolute Gasteiger partial charge is 0.347 e. The Kier molecular flexibility index (Phi) is 5.14. The van der Waals surface area contributed by atoms with E-state index in [9.17, 15) is 0 Å². The van der Waals surface area contributed by atoms with Crippen LogP contribution < -0.4 is 0 Å². The van der Waals surface area contributed by atoms with E-state index in [2.05, 4.69) is 52.7 Å². The van der Waals surface area contributed by atoms with Gasteiger partial charge in [0.25, 0.3) is 0 Å². The maximum atomic E-state index is 4.43. The van der Waals surface area contributed by atoms with Crippen LogP contribution in [-0.2, 0) is 26.1 Å². The average Bonchev–Trinajstić information content (AvgIpc) is 3.07. The van der Waals surface area contributed by atoms with Gasteiger partial charge in [-0.1, -0.05) is 24.6 Å². The summed E-state index contributed by atoms with van der Waals surface area (Å²) >= 11 is 0. The number of imidazole rings is 1. The van der Waals surface area contributed by atoms with E-state index >= 15 is 0 Å². The quantitative estimate of drug-likeness (QED) is 0.909. The molecular formula is C22H32N4. The number of hydrogen-bond acceptors (Lipinski definition) is 3. The lowest BCUT2D eigenvalue weighted by molar-refractivity contribution is 0.176. The number of fused-ring (bicyclic) bond motifs is 1. The van der Waals surface area contributed by atoms with Gasteiger partial charge in [-0.05, 0) is 55.8 Å². The van der Waals surface area contributed by atoms with Gasteiger partial charge >= 0.3 is 0 Å². The van der Waals surface area contributed by atoms with Crippen LogP contribution in [0.15, 0.2) is 18.5 Å². The van der Waals surface area contributed by atoms with Gasteiger partial charge in [-0.2, -0.15) is 0 Å². The molecule has 2 aliphatic heterocycles. The third-order valence-corrected chi connectivity index (χ3v) is 6.15. The summed E-state index contributed by atoms with van der Waals surface area (Å²) in [5, 5.41) is 0. The topological polar surface area (TPSA) is 35.2 Å². The first-order chi connectivity index (χ1) is 12.6. The minimum absolute atomic E-state index is 0.838. The van der Waals surface area contributed by atoms with Gasteiger partial charge in [0.15, 0.2) is 0 Å². The predicted molar refractivity (Wildman–Crippen MR) is 106 cm³/mol. The summed E-state index contributed by atoms with van der Waals surface area (Å²) in [6.07, 6.45) is 5.63. The van der Waals surface area contributed by atoms with Gasteiger partial charge in [-0.15, -0.1) is 0 Å². The number of piperidine rings is 1. The van der Waals surface area contributed by atoms with Crippen molar-refractivity contribution in [2.75, 3.05) is 19.6 Å². The molecule has 1 atom stereocenters. The molecule has 1 aromatic heterocycles. The van der Waals surface area contributed by atoms with Crippen molar-refractivity contribution in [1.82, 2.24) is 19.8 Å². The Labute approximate surface area is 157 Å². The lowest BCUT2D eigenvalue weighted by atomic mass is 9.95. The van der Waals surface area contributed by atoms with Crippen LogP contribution in [0.1, 0.15) is 53.4 Å². The summed E-state index contributed by atoms with van der Waals surface area (Å²) in [6, 6.07) is 4.79. The lowest BCUT2D eigenvalue weighted by Crippen LogP contribution is -2.34. The van der Waals surface area contributed by atoms with Crippen LogP contribution in [0.25, 0.3) is 0 Å². The molecule has 0 bridgehead atoms. The van der Waals surface area contributed by atoms with E-state index in [4.69, 9.17) is 0 Å². The number of nitrogens with zero attached hydrogens (tertiary/aromatic N) is 3. The van der Waals surface area contributed by atoms with E-state index in [1.807, 2.05) is 6.33 Å². The molecule has 140 valence electrons. The molecule has 26 heavy (non-hydrogen) atoms. The standard InChI is InChI=1S/C22H32N4/c1-16-5-4-7-25(11-16)12-19-9-17(2)10-20(18(19)3)13-26-8-6-21-22(14-26)24-15-23-21/h9-10,15-16H,4-8,11-14H2,1-3H3,(H,23,24)/t16-/m1/s1. The fourth-order valence-corrected chi connectivity index (χ4v) is 4.66. The van der Waals surface area contributed by atoms with Gasteiger partial charge in [0.1, 0.15) is 0 Å². The van der Waals surface area contributed by atoms with Crippen molar-refractivity contribution in [3.63, 3.8) is 0 Å². The summed E-state index contributed by atoms with van der Waals surface area (Å²) in [5.74, 6) is 0.838. The summed E-state index contributed by atoms with van der Waals surface area (Å²) in [4.78, 5) is 12.9. The molecule has 1 aromatic carbocycles. The molecule has 1 fully saturated rings. The average molecular weight is 353 g/mol. The summed E-state index contributed by atoms with van der Waals surface area (Å²) in [5.41, 5.74) is 8.45. The van der Waals surface area contributed by atoms with Crippen molar-refractivity contribution in [1.29, 1.82) is 0 Å². The fraction of sp³-hybridized carbons (Fsp3) is 0.591. The van der Waals surface area contributed by atoms with Gasteiger partial charge < -0.3 is 4.98 Å². The van der Waals surface area contributed by atoms with Crippen LogP contribution in [0.5, 0.6) is 0 Å². The Morgan fingerprint density at radius 2 is 1.88 bits per heavy atom. The number of aryl methyl sites for hydroxylation is 1. The number of aromatic nitrogens is 2. The minimum atomic E-state index is 0.838. The molecule has 4 rings (SSSR count). The van der Waals surface area contributed by atoms with Gasteiger partial charge in [0, 0.05) is 39.1 Å². The number of likely N-dealkylation sites (tertiary alicyclic amines) is 1. The zero-order valence-electron chi connectivity index (χ0n) is 16.5. The number of rotatable bonds is 4. The molecule has 0 saturated carbocycles. The van der Waals surface area contributed by atoms with Crippen LogP contribution in [0.2, 0.25) is 0 Å².